The summed E-state index contributed by atoms with van der Waals surface area (Å²) in [6, 6.07) is 144. The normalized spacial score (nSPS) is 11.6. The second-order valence-corrected chi connectivity index (χ2v) is 27.2. The molecule has 0 spiro atoms. The summed E-state index contributed by atoms with van der Waals surface area (Å²) in [4.78, 5) is 10.6. The molecule has 0 aliphatic heterocycles. The highest BCUT2D eigenvalue weighted by molar-refractivity contribution is 6.15. The standard InChI is InChI=1S/C53H35N3.C47H31N3/c1-4-14-36(15-5-1)38-24-28-43(29-25-38)55-49-22-12-10-20-44(49)46-30-26-41(34-52(46)55)40-27-31-51-47(32-40)45-21-11-13-23-50(45)56(51)53-35-42(37-16-6-2-7-17-37)33-48(54-53)39-18-8-3-9-19-39;1-4-14-32(15-5-1)36-29-42(33-16-6-2-7-17-33)48-47(31-36)50-44-23-13-11-21-39(44)41-28-34(25-27-45(41)50)35-24-26-40-38-20-10-12-22-43(38)49(46(40)30-35)37-18-8-3-9-19-37/h1-35H;1-31H. The van der Waals surface area contributed by atoms with Crippen molar-refractivity contribution >= 4 is 87.2 Å². The van der Waals surface area contributed by atoms with Crippen LogP contribution in [-0.4, -0.2) is 28.2 Å². The number of aromatic nitrogens is 6. The first-order valence-corrected chi connectivity index (χ1v) is 36.2. The van der Waals surface area contributed by atoms with E-state index >= 15 is 0 Å². The van der Waals surface area contributed by atoms with E-state index in [1.165, 1.54) is 104 Å². The first kappa shape index (κ1) is 61.7. The highest BCUT2D eigenvalue weighted by atomic mass is 15.1. The lowest BCUT2D eigenvalue weighted by Crippen LogP contribution is -2.00. The molecule has 0 N–H and O–H groups in total. The number of pyridine rings is 2. The van der Waals surface area contributed by atoms with Crippen LogP contribution >= 0.6 is 0 Å². The molecule has 0 fully saturated rings. The predicted octanol–water partition coefficient (Wildman–Crippen LogP) is 26.2. The third-order valence-electron chi connectivity index (χ3n) is 21.0. The lowest BCUT2D eigenvalue weighted by molar-refractivity contribution is 1.08. The molecule has 0 bridgehead atoms. The van der Waals surface area contributed by atoms with Gasteiger partial charge < -0.3 is 9.13 Å². The number of rotatable bonds is 11. The molecule has 0 atom stereocenters. The van der Waals surface area contributed by atoms with Crippen molar-refractivity contribution in [2.24, 2.45) is 0 Å². The summed E-state index contributed by atoms with van der Waals surface area (Å²) in [5.74, 6) is 1.80. The van der Waals surface area contributed by atoms with Crippen LogP contribution in [0.1, 0.15) is 0 Å². The third-order valence-corrected chi connectivity index (χ3v) is 21.0. The molecule has 106 heavy (non-hydrogen) atoms. The molecule has 496 valence electrons. The summed E-state index contributed by atoms with van der Waals surface area (Å²) < 4.78 is 9.44. The van der Waals surface area contributed by atoms with Crippen LogP contribution in [0.5, 0.6) is 0 Å². The smallest absolute Gasteiger partial charge is 0.138 e. The van der Waals surface area contributed by atoms with Gasteiger partial charge in [-0.15, -0.1) is 0 Å². The van der Waals surface area contributed by atoms with Gasteiger partial charge in [0, 0.05) is 65.6 Å². The van der Waals surface area contributed by atoms with Crippen molar-refractivity contribution in [3.63, 3.8) is 0 Å². The molecule has 0 amide bonds. The monoisotopic (exact) mass is 1350 g/mol. The van der Waals surface area contributed by atoms with Gasteiger partial charge in [-0.3, -0.25) is 9.13 Å². The average Bonchev–Trinajstić information content (AvgIpc) is 1.59. The van der Waals surface area contributed by atoms with Crippen molar-refractivity contribution in [3.8, 4) is 101 Å². The number of nitrogens with zero attached hydrogens (tertiary/aromatic N) is 6. The van der Waals surface area contributed by atoms with E-state index in [2.05, 4.69) is 419 Å². The molecule has 6 heteroatoms. The molecule has 6 heterocycles. The zero-order valence-electron chi connectivity index (χ0n) is 57.8. The van der Waals surface area contributed by atoms with Crippen LogP contribution in [0.15, 0.2) is 400 Å². The van der Waals surface area contributed by atoms with Gasteiger partial charge in [-0.25, -0.2) is 9.97 Å². The number of benzene rings is 15. The van der Waals surface area contributed by atoms with Gasteiger partial charge in [0.25, 0.3) is 0 Å². The fraction of sp³-hybridized carbons (Fsp3) is 0. The average molecular weight is 1350 g/mol. The Morgan fingerprint density at radius 1 is 0.142 bits per heavy atom. The molecule has 0 aliphatic rings. The summed E-state index contributed by atoms with van der Waals surface area (Å²) >= 11 is 0. The zero-order valence-corrected chi connectivity index (χ0v) is 57.8. The topological polar surface area (TPSA) is 45.5 Å². The molecule has 0 aliphatic carbocycles. The van der Waals surface area contributed by atoms with Crippen molar-refractivity contribution in [1.82, 2.24) is 28.2 Å². The lowest BCUT2D eigenvalue weighted by atomic mass is 10.0. The van der Waals surface area contributed by atoms with Crippen molar-refractivity contribution < 1.29 is 0 Å². The Bertz CT molecular complexity index is 6780. The lowest BCUT2D eigenvalue weighted by Gasteiger charge is -2.13. The Hall–Kier alpha value is -14.2. The van der Waals surface area contributed by atoms with Gasteiger partial charge in [0.2, 0.25) is 0 Å². The Labute approximate surface area is 613 Å². The molecule has 0 saturated carbocycles. The van der Waals surface area contributed by atoms with Crippen molar-refractivity contribution in [1.29, 1.82) is 0 Å². The molecule has 21 aromatic rings. The molecule has 6 aromatic heterocycles. The van der Waals surface area contributed by atoms with Crippen molar-refractivity contribution in [3.05, 3.63) is 400 Å². The summed E-state index contributed by atoms with van der Waals surface area (Å²) in [6.45, 7) is 0. The van der Waals surface area contributed by atoms with E-state index in [-0.39, 0.29) is 0 Å². The Balaban J connectivity index is 0.000000141. The largest absolute Gasteiger partial charge is 0.309 e. The van der Waals surface area contributed by atoms with Crippen LogP contribution in [0.3, 0.4) is 0 Å². The van der Waals surface area contributed by atoms with E-state index < -0.39 is 0 Å². The van der Waals surface area contributed by atoms with E-state index in [9.17, 15) is 0 Å². The maximum absolute atomic E-state index is 5.33. The van der Waals surface area contributed by atoms with E-state index in [1.807, 2.05) is 0 Å². The summed E-state index contributed by atoms with van der Waals surface area (Å²) in [6.07, 6.45) is 0. The quantitative estimate of drug-likeness (QED) is 0.130. The van der Waals surface area contributed by atoms with Crippen molar-refractivity contribution in [2.75, 3.05) is 0 Å². The van der Waals surface area contributed by atoms with Gasteiger partial charge in [-0.05, 0) is 165 Å². The number of hydrogen-bond donors (Lipinski definition) is 0. The van der Waals surface area contributed by atoms with Crippen LogP contribution in [0.25, 0.3) is 188 Å². The molecule has 21 rings (SSSR count). The van der Waals surface area contributed by atoms with Gasteiger partial charge in [-0.1, -0.05) is 291 Å². The highest BCUT2D eigenvalue weighted by Crippen LogP contribution is 2.43. The first-order valence-electron chi connectivity index (χ1n) is 36.2. The predicted molar refractivity (Wildman–Crippen MR) is 444 cm³/mol. The molecular formula is C100H66N6. The number of para-hydroxylation sites is 5. The zero-order chi connectivity index (χ0) is 70.0. The van der Waals surface area contributed by atoms with Crippen LogP contribution in [-0.2, 0) is 0 Å². The molecule has 0 unspecified atom stereocenters. The summed E-state index contributed by atoms with van der Waals surface area (Å²) in [5.41, 5.74) is 27.5. The SMILES string of the molecule is c1ccc(-c2cc(-c3ccccc3)nc(-n3c4ccccc4c4cc(-c5ccc6c7ccccc7n(-c7ccccc7)c6c5)ccc43)c2)cc1.c1ccc(-c2ccc(-n3c4ccccc4c4ccc(-c5ccc6c(c5)c5ccccc5n6-c5cc(-c6ccccc6)cc(-c6ccccc6)n5)cc43)cc2)cc1. The van der Waals surface area contributed by atoms with Crippen LogP contribution in [0.2, 0.25) is 0 Å². The number of fused-ring (bicyclic) bond motifs is 12. The van der Waals surface area contributed by atoms with E-state index in [1.54, 1.807) is 0 Å². The highest BCUT2D eigenvalue weighted by Gasteiger charge is 2.22. The summed E-state index contributed by atoms with van der Waals surface area (Å²) in [7, 11) is 0. The number of hydrogen-bond acceptors (Lipinski definition) is 2. The minimum atomic E-state index is 0.897. The van der Waals surface area contributed by atoms with Gasteiger partial charge in [0.15, 0.2) is 0 Å². The minimum absolute atomic E-state index is 0.897. The van der Waals surface area contributed by atoms with Crippen LogP contribution in [0.4, 0.5) is 0 Å². The van der Waals surface area contributed by atoms with Gasteiger partial charge in [0.05, 0.1) is 55.5 Å². The fourth-order valence-electron chi connectivity index (χ4n) is 16.0. The van der Waals surface area contributed by atoms with Gasteiger partial charge in [-0.2, -0.15) is 0 Å². The molecule has 0 saturated heterocycles. The molecular weight excluding hydrogens is 1290 g/mol. The van der Waals surface area contributed by atoms with Gasteiger partial charge >= 0.3 is 0 Å². The maximum Gasteiger partial charge on any atom is 0.138 e. The Morgan fingerprint density at radius 3 is 0.802 bits per heavy atom. The second-order valence-electron chi connectivity index (χ2n) is 27.2. The van der Waals surface area contributed by atoms with E-state index in [0.29, 0.717) is 0 Å². The van der Waals surface area contributed by atoms with Gasteiger partial charge in [0.1, 0.15) is 11.6 Å². The molecule has 0 radical (unpaired) electrons. The van der Waals surface area contributed by atoms with E-state index in [0.717, 1.165) is 84.3 Å². The first-order chi connectivity index (χ1) is 52.6. The fourth-order valence-corrected chi connectivity index (χ4v) is 16.0. The van der Waals surface area contributed by atoms with Crippen LogP contribution in [0, 0.1) is 0 Å². The third kappa shape index (κ3) is 10.8. The molecule has 15 aromatic carbocycles. The molecule has 6 nitrogen and oxygen atoms in total. The van der Waals surface area contributed by atoms with Crippen molar-refractivity contribution in [2.45, 2.75) is 0 Å². The summed E-state index contributed by atoms with van der Waals surface area (Å²) in [5, 5.41) is 9.81. The Kier molecular flexibility index (Phi) is 15.1. The minimum Gasteiger partial charge on any atom is -0.309 e. The maximum atomic E-state index is 5.33. The van der Waals surface area contributed by atoms with Crippen LogP contribution < -0.4 is 0 Å². The second kappa shape index (κ2) is 26.0. The van der Waals surface area contributed by atoms with E-state index in [4.69, 9.17) is 9.97 Å². The Morgan fingerprint density at radius 2 is 0.406 bits per heavy atom.